The Balaban J connectivity index is 2.28. The molecule has 0 radical (unpaired) electrons. The predicted octanol–water partition coefficient (Wildman–Crippen LogP) is 2.41. The van der Waals surface area contributed by atoms with Gasteiger partial charge in [-0.25, -0.2) is 13.4 Å². The smallest absolute Gasteiger partial charge is 0.236 e. The number of nitrogens with zero attached hydrogens (tertiary/aromatic N) is 2. The molecule has 4 nitrogen and oxygen atoms in total. The van der Waals surface area contributed by atoms with Crippen LogP contribution in [0.1, 0.15) is 6.42 Å². The van der Waals surface area contributed by atoms with Gasteiger partial charge in [0.25, 0.3) is 10.0 Å². The molecule has 0 amide bonds. The molecule has 0 aliphatic carbocycles. The van der Waals surface area contributed by atoms with Crippen LogP contribution in [0.2, 0.25) is 0 Å². The molecule has 0 spiro atoms. The Bertz CT molecular complexity index is 577. The summed E-state index contributed by atoms with van der Waals surface area (Å²) in [6.45, 7) is 8.45. The zero-order chi connectivity index (χ0) is 12.6. The third kappa shape index (κ3) is 2.52. The van der Waals surface area contributed by atoms with E-state index in [2.05, 4.69) is 34.1 Å². The van der Waals surface area contributed by atoms with Gasteiger partial charge in [-0.15, -0.1) is 0 Å². The fourth-order valence-corrected chi connectivity index (χ4v) is 4.93. The molecule has 0 unspecified atom stereocenters. The van der Waals surface area contributed by atoms with Gasteiger partial charge in [0.2, 0.25) is 0 Å². The lowest BCUT2D eigenvalue weighted by molar-refractivity contribution is 0.423. The van der Waals surface area contributed by atoms with E-state index < -0.39 is 10.0 Å². The number of halogens is 1. The van der Waals surface area contributed by atoms with Crippen molar-refractivity contribution in [1.29, 1.82) is 0 Å². The zero-order valence-corrected chi connectivity index (χ0v) is 12.2. The second-order valence-corrected chi connectivity index (χ2v) is 8.20. The van der Waals surface area contributed by atoms with Gasteiger partial charge in [-0.2, -0.15) is 4.31 Å². The Hall–Kier alpha value is -0.500. The Morgan fingerprint density at radius 3 is 2.65 bits per heavy atom. The standard InChI is InChI=1S/C10H11BrN2O2S2/c1-7-3-4-13(6-8(7)2)17(14,15)9-5-12-10(11)16-9/h5H,1-4,6H2. The Labute approximate surface area is 113 Å². The molecule has 0 N–H and O–H groups in total. The highest BCUT2D eigenvalue weighted by Crippen LogP contribution is 2.29. The second kappa shape index (κ2) is 4.64. The molecule has 2 rings (SSSR count). The van der Waals surface area contributed by atoms with Crippen molar-refractivity contribution in [2.45, 2.75) is 10.6 Å². The maximum Gasteiger partial charge on any atom is 0.254 e. The monoisotopic (exact) mass is 334 g/mol. The normalized spacial score (nSPS) is 18.6. The van der Waals surface area contributed by atoms with Crippen LogP contribution in [0.5, 0.6) is 0 Å². The lowest BCUT2D eigenvalue weighted by atomic mass is 10.0. The third-order valence-electron chi connectivity index (χ3n) is 2.58. The predicted molar refractivity (Wildman–Crippen MR) is 71.5 cm³/mol. The summed E-state index contributed by atoms with van der Waals surface area (Å²) in [5, 5.41) is 0. The van der Waals surface area contributed by atoms with Crippen LogP contribution < -0.4 is 0 Å². The Kier molecular flexibility index (Phi) is 3.53. The van der Waals surface area contributed by atoms with Crippen LogP contribution in [0, 0.1) is 0 Å². The molecule has 1 saturated heterocycles. The van der Waals surface area contributed by atoms with E-state index in [1.807, 2.05) is 0 Å². The number of sulfonamides is 1. The zero-order valence-electron chi connectivity index (χ0n) is 9.02. The number of hydrogen-bond acceptors (Lipinski definition) is 4. The van der Waals surface area contributed by atoms with Crippen molar-refractivity contribution in [2.75, 3.05) is 13.1 Å². The molecule has 1 aliphatic heterocycles. The summed E-state index contributed by atoms with van der Waals surface area (Å²) in [5.74, 6) is 0. The number of piperidine rings is 1. The highest BCUT2D eigenvalue weighted by molar-refractivity contribution is 9.11. The second-order valence-electron chi connectivity index (χ2n) is 3.73. The van der Waals surface area contributed by atoms with Crippen molar-refractivity contribution < 1.29 is 8.42 Å². The van der Waals surface area contributed by atoms with Gasteiger partial charge in [-0.3, -0.25) is 0 Å². The van der Waals surface area contributed by atoms with Gasteiger partial charge >= 0.3 is 0 Å². The van der Waals surface area contributed by atoms with E-state index >= 15 is 0 Å². The van der Waals surface area contributed by atoms with Crippen LogP contribution in [-0.2, 0) is 10.0 Å². The molecular weight excluding hydrogens is 324 g/mol. The molecular formula is C10H11BrN2O2S2. The van der Waals surface area contributed by atoms with Gasteiger partial charge in [0.15, 0.2) is 8.13 Å². The SMILES string of the molecule is C=C1CCN(S(=O)(=O)c2cnc(Br)s2)CC1=C. The number of aromatic nitrogens is 1. The van der Waals surface area contributed by atoms with Crippen molar-refractivity contribution in [3.63, 3.8) is 0 Å². The quantitative estimate of drug-likeness (QED) is 0.834. The van der Waals surface area contributed by atoms with Gasteiger partial charge in [0.05, 0.1) is 6.20 Å². The molecule has 0 bridgehead atoms. The van der Waals surface area contributed by atoms with Crippen LogP contribution >= 0.6 is 27.3 Å². The summed E-state index contributed by atoms with van der Waals surface area (Å²) in [6.07, 6.45) is 2.01. The number of hydrogen-bond donors (Lipinski definition) is 0. The average molecular weight is 335 g/mol. The molecule has 7 heteroatoms. The van der Waals surface area contributed by atoms with Gasteiger partial charge in [0, 0.05) is 13.1 Å². The first-order valence-corrected chi connectivity index (χ1v) is 7.93. The highest BCUT2D eigenvalue weighted by Gasteiger charge is 2.29. The molecule has 17 heavy (non-hydrogen) atoms. The van der Waals surface area contributed by atoms with E-state index in [-0.39, 0.29) is 4.21 Å². The Morgan fingerprint density at radius 2 is 2.12 bits per heavy atom. The summed E-state index contributed by atoms with van der Waals surface area (Å²) >= 11 is 4.28. The first-order valence-electron chi connectivity index (χ1n) is 4.88. The van der Waals surface area contributed by atoms with Crippen LogP contribution in [0.25, 0.3) is 0 Å². The van der Waals surface area contributed by atoms with Crippen molar-refractivity contribution in [3.05, 3.63) is 34.4 Å². The number of rotatable bonds is 2. The largest absolute Gasteiger partial charge is 0.254 e. The summed E-state index contributed by atoms with van der Waals surface area (Å²) in [5.41, 5.74) is 1.71. The van der Waals surface area contributed by atoms with Crippen LogP contribution in [0.4, 0.5) is 0 Å². The van der Waals surface area contributed by atoms with Gasteiger partial charge in [-0.1, -0.05) is 24.5 Å². The van der Waals surface area contributed by atoms with Crippen LogP contribution in [-0.4, -0.2) is 30.8 Å². The van der Waals surface area contributed by atoms with E-state index in [9.17, 15) is 8.42 Å². The van der Waals surface area contributed by atoms with Gasteiger partial charge < -0.3 is 0 Å². The molecule has 1 fully saturated rings. The van der Waals surface area contributed by atoms with Crippen LogP contribution in [0.15, 0.2) is 38.6 Å². The topological polar surface area (TPSA) is 50.3 Å². The van der Waals surface area contributed by atoms with Gasteiger partial charge in [0.1, 0.15) is 0 Å². The summed E-state index contributed by atoms with van der Waals surface area (Å²) < 4.78 is 26.8. The van der Waals surface area contributed by atoms with E-state index in [4.69, 9.17) is 0 Å². The molecule has 92 valence electrons. The maximum absolute atomic E-state index is 12.3. The lowest BCUT2D eigenvalue weighted by Gasteiger charge is -2.28. The molecule has 1 aromatic heterocycles. The average Bonchev–Trinajstić information content (AvgIpc) is 2.69. The van der Waals surface area contributed by atoms with Crippen molar-refractivity contribution in [2.24, 2.45) is 0 Å². The Morgan fingerprint density at radius 1 is 1.41 bits per heavy atom. The summed E-state index contributed by atoms with van der Waals surface area (Å²) in [4.78, 5) is 3.90. The van der Waals surface area contributed by atoms with Gasteiger partial charge in [-0.05, 0) is 33.5 Å². The minimum absolute atomic E-state index is 0.254. The van der Waals surface area contributed by atoms with Crippen molar-refractivity contribution >= 4 is 37.3 Å². The molecule has 0 atom stereocenters. The lowest BCUT2D eigenvalue weighted by Crippen LogP contribution is -2.36. The molecule has 0 saturated carbocycles. The van der Waals surface area contributed by atoms with E-state index in [0.29, 0.717) is 23.4 Å². The first kappa shape index (κ1) is 12.9. The minimum Gasteiger partial charge on any atom is -0.236 e. The van der Waals surface area contributed by atoms with Crippen LogP contribution in [0.3, 0.4) is 0 Å². The fraction of sp³-hybridized carbons (Fsp3) is 0.300. The van der Waals surface area contributed by atoms with E-state index in [1.54, 1.807) is 0 Å². The molecule has 1 aliphatic rings. The fourth-order valence-electron chi connectivity index (χ4n) is 1.53. The summed E-state index contributed by atoms with van der Waals surface area (Å²) in [7, 11) is -3.44. The number of thiazole rings is 1. The van der Waals surface area contributed by atoms with Crippen molar-refractivity contribution in [1.82, 2.24) is 9.29 Å². The molecule has 1 aromatic rings. The highest BCUT2D eigenvalue weighted by atomic mass is 79.9. The maximum atomic E-state index is 12.3. The molecule has 0 aromatic carbocycles. The first-order chi connectivity index (χ1) is 7.91. The van der Waals surface area contributed by atoms with E-state index in [0.717, 1.165) is 22.5 Å². The minimum atomic E-state index is -3.44. The van der Waals surface area contributed by atoms with E-state index in [1.165, 1.54) is 10.5 Å². The van der Waals surface area contributed by atoms with Crippen molar-refractivity contribution in [3.8, 4) is 0 Å². The third-order valence-corrected chi connectivity index (χ3v) is 6.34. The summed E-state index contributed by atoms with van der Waals surface area (Å²) in [6, 6.07) is 0. The molecule has 2 heterocycles.